The third-order valence-electron chi connectivity index (χ3n) is 4.34. The van der Waals surface area contributed by atoms with E-state index >= 15 is 0 Å². The summed E-state index contributed by atoms with van der Waals surface area (Å²) in [6, 6.07) is 0.500. The van der Waals surface area contributed by atoms with Gasteiger partial charge in [-0.1, -0.05) is 26.2 Å². The highest BCUT2D eigenvalue weighted by Gasteiger charge is 2.27. The fourth-order valence-electron chi connectivity index (χ4n) is 3.12. The van der Waals surface area contributed by atoms with Crippen LogP contribution >= 0.6 is 0 Å². The minimum Gasteiger partial charge on any atom is -0.342 e. The van der Waals surface area contributed by atoms with E-state index in [4.69, 9.17) is 0 Å². The maximum absolute atomic E-state index is 12.2. The Morgan fingerprint density at radius 3 is 2.39 bits per heavy atom. The van der Waals surface area contributed by atoms with Gasteiger partial charge in [-0.2, -0.15) is 0 Å². The van der Waals surface area contributed by atoms with Crippen LogP contribution in [-0.2, 0) is 4.79 Å². The molecule has 1 N–H and O–H groups in total. The Kier molecular flexibility index (Phi) is 6.69. The zero-order valence-corrected chi connectivity index (χ0v) is 12.5. The Labute approximate surface area is 112 Å². The van der Waals surface area contributed by atoms with Gasteiger partial charge in [-0.3, -0.25) is 4.79 Å². The number of nitrogens with one attached hydrogen (secondary N) is 1. The average Bonchev–Trinajstić information content (AvgIpc) is 2.40. The molecule has 0 aromatic carbocycles. The predicted molar refractivity (Wildman–Crippen MR) is 76.6 cm³/mol. The molecule has 18 heavy (non-hydrogen) atoms. The molecule has 1 aliphatic rings. The van der Waals surface area contributed by atoms with Gasteiger partial charge in [0.05, 0.1) is 6.04 Å². The van der Waals surface area contributed by atoms with Crippen molar-refractivity contribution in [1.29, 1.82) is 0 Å². The quantitative estimate of drug-likeness (QED) is 0.790. The van der Waals surface area contributed by atoms with Gasteiger partial charge in [0.1, 0.15) is 0 Å². The maximum Gasteiger partial charge on any atom is 0.239 e. The number of likely N-dealkylation sites (N-methyl/N-ethyl adjacent to an activating group) is 1. The van der Waals surface area contributed by atoms with Gasteiger partial charge in [-0.05, 0) is 39.5 Å². The molecule has 106 valence electrons. The lowest BCUT2D eigenvalue weighted by Crippen LogP contribution is -2.51. The molecule has 1 saturated carbocycles. The Bertz CT molecular complexity index is 251. The third kappa shape index (κ3) is 3.98. The maximum atomic E-state index is 12.2. The van der Waals surface area contributed by atoms with Crippen LogP contribution in [0.25, 0.3) is 0 Å². The first-order valence-corrected chi connectivity index (χ1v) is 7.68. The lowest BCUT2D eigenvalue weighted by molar-refractivity contribution is -0.133. The molecule has 3 unspecified atom stereocenters. The van der Waals surface area contributed by atoms with Crippen LogP contribution in [0.4, 0.5) is 0 Å². The lowest BCUT2D eigenvalue weighted by atomic mass is 9.82. The Morgan fingerprint density at radius 2 is 1.83 bits per heavy atom. The van der Waals surface area contributed by atoms with Gasteiger partial charge >= 0.3 is 0 Å². The molecule has 0 bridgehead atoms. The molecule has 0 spiro atoms. The van der Waals surface area contributed by atoms with Crippen LogP contribution in [-0.4, -0.2) is 36.0 Å². The van der Waals surface area contributed by atoms with Gasteiger partial charge in [0, 0.05) is 19.1 Å². The highest BCUT2D eigenvalue weighted by atomic mass is 16.2. The smallest absolute Gasteiger partial charge is 0.239 e. The summed E-state index contributed by atoms with van der Waals surface area (Å²) < 4.78 is 0. The van der Waals surface area contributed by atoms with Crippen LogP contribution < -0.4 is 5.32 Å². The van der Waals surface area contributed by atoms with Crippen molar-refractivity contribution in [2.45, 2.75) is 71.9 Å². The van der Waals surface area contributed by atoms with Crippen LogP contribution in [0, 0.1) is 5.92 Å². The molecule has 0 aromatic rings. The summed E-state index contributed by atoms with van der Waals surface area (Å²) in [5.41, 5.74) is 0. The van der Waals surface area contributed by atoms with E-state index in [0.29, 0.717) is 6.04 Å². The van der Waals surface area contributed by atoms with Crippen LogP contribution in [0.1, 0.15) is 59.8 Å². The molecule has 0 heterocycles. The van der Waals surface area contributed by atoms with E-state index in [9.17, 15) is 4.79 Å². The monoisotopic (exact) mass is 254 g/mol. The first-order valence-electron chi connectivity index (χ1n) is 7.68. The number of rotatable bonds is 6. The van der Waals surface area contributed by atoms with Crippen LogP contribution in [0.2, 0.25) is 0 Å². The van der Waals surface area contributed by atoms with Gasteiger partial charge in [0.2, 0.25) is 5.91 Å². The molecule has 3 nitrogen and oxygen atoms in total. The highest BCUT2D eigenvalue weighted by Crippen LogP contribution is 2.27. The molecular weight excluding hydrogens is 224 g/mol. The molecule has 1 fully saturated rings. The molecule has 0 saturated heterocycles. The van der Waals surface area contributed by atoms with E-state index < -0.39 is 0 Å². The number of carbonyl (C=O) groups excluding carboxylic acids is 1. The first-order chi connectivity index (χ1) is 8.63. The number of hydrogen-bond donors (Lipinski definition) is 1. The van der Waals surface area contributed by atoms with Gasteiger partial charge in [-0.15, -0.1) is 0 Å². The van der Waals surface area contributed by atoms with Crippen LogP contribution in [0.15, 0.2) is 0 Å². The summed E-state index contributed by atoms with van der Waals surface area (Å²) in [4.78, 5) is 14.2. The zero-order valence-electron chi connectivity index (χ0n) is 12.5. The van der Waals surface area contributed by atoms with Gasteiger partial charge in [-0.25, -0.2) is 0 Å². The number of carbonyl (C=O) groups is 1. The molecule has 1 rings (SSSR count). The van der Waals surface area contributed by atoms with Crippen molar-refractivity contribution in [2.24, 2.45) is 5.92 Å². The number of amides is 1. The fourth-order valence-corrected chi connectivity index (χ4v) is 3.12. The summed E-state index contributed by atoms with van der Waals surface area (Å²) in [6.45, 7) is 9.99. The van der Waals surface area contributed by atoms with Gasteiger partial charge in [0.25, 0.3) is 0 Å². The molecule has 0 radical (unpaired) electrons. The number of hydrogen-bond acceptors (Lipinski definition) is 2. The van der Waals surface area contributed by atoms with E-state index in [2.05, 4.69) is 12.2 Å². The van der Waals surface area contributed by atoms with Crippen molar-refractivity contribution >= 4 is 5.91 Å². The van der Waals surface area contributed by atoms with E-state index in [1.807, 2.05) is 25.7 Å². The standard InChI is InChI=1S/C15H30N2O/c1-5-13-10-8-9-11-14(13)16-12(4)15(18)17(6-2)7-3/h12-14,16H,5-11H2,1-4H3. The van der Waals surface area contributed by atoms with Gasteiger partial charge in [0.15, 0.2) is 0 Å². The second-order valence-electron chi connectivity index (χ2n) is 5.46. The third-order valence-corrected chi connectivity index (χ3v) is 4.34. The van der Waals surface area contributed by atoms with Crippen molar-refractivity contribution in [3.8, 4) is 0 Å². The summed E-state index contributed by atoms with van der Waals surface area (Å²) in [5, 5.41) is 3.58. The normalized spacial score (nSPS) is 25.8. The van der Waals surface area contributed by atoms with Crippen molar-refractivity contribution in [1.82, 2.24) is 10.2 Å². The predicted octanol–water partition coefficient (Wildman–Crippen LogP) is 2.80. The minimum absolute atomic E-state index is 0.0398. The van der Waals surface area contributed by atoms with Crippen LogP contribution in [0.5, 0.6) is 0 Å². The first kappa shape index (κ1) is 15.5. The van der Waals surface area contributed by atoms with Crippen LogP contribution in [0.3, 0.4) is 0 Å². The van der Waals surface area contributed by atoms with Gasteiger partial charge < -0.3 is 10.2 Å². The van der Waals surface area contributed by atoms with E-state index in [1.54, 1.807) is 0 Å². The number of nitrogens with zero attached hydrogens (tertiary/aromatic N) is 1. The topological polar surface area (TPSA) is 32.3 Å². The minimum atomic E-state index is -0.0398. The second-order valence-corrected chi connectivity index (χ2v) is 5.46. The van der Waals surface area contributed by atoms with Crippen molar-refractivity contribution in [3.63, 3.8) is 0 Å². The van der Waals surface area contributed by atoms with E-state index in [0.717, 1.165) is 19.0 Å². The Balaban J connectivity index is 2.51. The Morgan fingerprint density at radius 1 is 1.22 bits per heavy atom. The summed E-state index contributed by atoms with van der Waals surface area (Å²) in [5.74, 6) is 1.01. The van der Waals surface area contributed by atoms with Crippen molar-refractivity contribution in [3.05, 3.63) is 0 Å². The molecule has 0 aromatic heterocycles. The summed E-state index contributed by atoms with van der Waals surface area (Å²) in [7, 11) is 0. The molecule has 0 aliphatic heterocycles. The molecule has 1 aliphatic carbocycles. The largest absolute Gasteiger partial charge is 0.342 e. The molecule has 3 heteroatoms. The summed E-state index contributed by atoms with van der Waals surface area (Å²) in [6.07, 6.45) is 6.44. The lowest BCUT2D eigenvalue weighted by Gasteiger charge is -2.34. The van der Waals surface area contributed by atoms with Crippen molar-refractivity contribution in [2.75, 3.05) is 13.1 Å². The average molecular weight is 254 g/mol. The van der Waals surface area contributed by atoms with Crippen molar-refractivity contribution < 1.29 is 4.79 Å². The Hall–Kier alpha value is -0.570. The highest BCUT2D eigenvalue weighted by molar-refractivity contribution is 5.81. The summed E-state index contributed by atoms with van der Waals surface area (Å²) >= 11 is 0. The molecular formula is C15H30N2O. The fraction of sp³-hybridized carbons (Fsp3) is 0.933. The second kappa shape index (κ2) is 7.78. The zero-order chi connectivity index (χ0) is 13.5. The molecule has 1 amide bonds. The molecule has 3 atom stereocenters. The van der Waals surface area contributed by atoms with E-state index in [-0.39, 0.29) is 11.9 Å². The van der Waals surface area contributed by atoms with E-state index in [1.165, 1.54) is 32.1 Å². The SMILES string of the molecule is CCC1CCCCC1NC(C)C(=O)N(CC)CC.